The summed E-state index contributed by atoms with van der Waals surface area (Å²) in [6, 6.07) is 4.38. The molecule has 4 heterocycles. The molecule has 1 aliphatic rings. The van der Waals surface area contributed by atoms with E-state index in [0.717, 1.165) is 78.5 Å². The van der Waals surface area contributed by atoms with Gasteiger partial charge in [-0.25, -0.2) is 15.0 Å². The van der Waals surface area contributed by atoms with Crippen LogP contribution in [0.15, 0.2) is 18.3 Å². The summed E-state index contributed by atoms with van der Waals surface area (Å²) in [6.45, 7) is 16.6. The Balaban J connectivity index is 1.66. The number of hydrogen-bond acceptors (Lipinski definition) is 6. The van der Waals surface area contributed by atoms with Crippen molar-refractivity contribution in [3.63, 3.8) is 0 Å². The number of amides is 1. The number of nitrogens with zero attached hydrogens (tertiary/aromatic N) is 6. The number of fused-ring (bicyclic) bond motifs is 1. The molecular formula is C27H38N6O2. The molecule has 1 aliphatic heterocycles. The molecule has 1 fully saturated rings. The number of methoxy groups -OCH3 is 1. The van der Waals surface area contributed by atoms with Crippen molar-refractivity contribution in [1.29, 1.82) is 0 Å². The first-order valence-electron chi connectivity index (χ1n) is 12.6. The van der Waals surface area contributed by atoms with Crippen molar-refractivity contribution in [2.24, 2.45) is 0 Å². The van der Waals surface area contributed by atoms with Gasteiger partial charge in [0.25, 0.3) is 0 Å². The predicted molar refractivity (Wildman–Crippen MR) is 139 cm³/mol. The number of aromatic nitrogens is 4. The maximum Gasteiger partial charge on any atom is 0.222 e. The van der Waals surface area contributed by atoms with Crippen LogP contribution in [0, 0.1) is 13.8 Å². The number of aryl methyl sites for hydroxylation is 2. The van der Waals surface area contributed by atoms with Gasteiger partial charge in [0.05, 0.1) is 24.1 Å². The Bertz CT molecular complexity index is 1210. The quantitative estimate of drug-likeness (QED) is 0.502. The van der Waals surface area contributed by atoms with Gasteiger partial charge >= 0.3 is 0 Å². The molecule has 0 saturated carbocycles. The Kier molecular flexibility index (Phi) is 7.40. The molecule has 0 aromatic carbocycles. The lowest BCUT2D eigenvalue weighted by Crippen LogP contribution is -2.49. The van der Waals surface area contributed by atoms with Crippen molar-refractivity contribution in [3.05, 3.63) is 35.3 Å². The lowest BCUT2D eigenvalue weighted by molar-refractivity contribution is -0.130. The van der Waals surface area contributed by atoms with E-state index in [1.807, 2.05) is 24.0 Å². The summed E-state index contributed by atoms with van der Waals surface area (Å²) in [5, 5.41) is 0. The topological polar surface area (TPSA) is 76.4 Å². The summed E-state index contributed by atoms with van der Waals surface area (Å²) < 4.78 is 7.94. The standard InChI is InChI=1S/C27H38N6O2/c1-8-21(16-31-11-13-32(14-12-31)20(6)34)33-15-18(4)24-26(33)28-19(5)25(30-24)22-9-10-23(17(2)3)29-27(22)35-7/h9-10,15,17,21H,8,11-14,16H2,1-7H3. The summed E-state index contributed by atoms with van der Waals surface area (Å²) in [7, 11) is 1.65. The van der Waals surface area contributed by atoms with Crippen LogP contribution in [0.25, 0.3) is 22.4 Å². The van der Waals surface area contributed by atoms with E-state index in [2.05, 4.69) is 43.4 Å². The summed E-state index contributed by atoms with van der Waals surface area (Å²) in [5.74, 6) is 1.07. The first kappa shape index (κ1) is 25.1. The highest BCUT2D eigenvalue weighted by Crippen LogP contribution is 2.33. The molecule has 0 radical (unpaired) electrons. The fourth-order valence-corrected chi connectivity index (χ4v) is 4.89. The van der Waals surface area contributed by atoms with Gasteiger partial charge in [0.1, 0.15) is 5.52 Å². The third kappa shape index (κ3) is 5.03. The molecule has 1 saturated heterocycles. The molecule has 0 aliphatic carbocycles. The molecule has 3 aromatic rings. The van der Waals surface area contributed by atoms with Gasteiger partial charge in [-0.05, 0) is 43.9 Å². The maximum atomic E-state index is 11.7. The molecular weight excluding hydrogens is 440 g/mol. The minimum Gasteiger partial charge on any atom is -0.480 e. The summed E-state index contributed by atoms with van der Waals surface area (Å²) in [6.07, 6.45) is 3.18. The monoisotopic (exact) mass is 478 g/mol. The Morgan fingerprint density at radius 2 is 1.80 bits per heavy atom. The van der Waals surface area contributed by atoms with Crippen molar-refractivity contribution in [2.45, 2.75) is 59.9 Å². The van der Waals surface area contributed by atoms with Crippen LogP contribution in [-0.2, 0) is 4.79 Å². The molecule has 35 heavy (non-hydrogen) atoms. The number of hydrogen-bond donors (Lipinski definition) is 0. The number of carbonyl (C=O) groups is 1. The lowest BCUT2D eigenvalue weighted by atomic mass is 10.1. The Hall–Kier alpha value is -3.00. The minimum absolute atomic E-state index is 0.163. The molecule has 0 N–H and O–H groups in total. The molecule has 1 amide bonds. The largest absolute Gasteiger partial charge is 0.480 e. The Morgan fingerprint density at radius 3 is 2.40 bits per heavy atom. The second-order valence-electron chi connectivity index (χ2n) is 9.87. The lowest BCUT2D eigenvalue weighted by Gasteiger charge is -2.36. The smallest absolute Gasteiger partial charge is 0.222 e. The SMILES string of the molecule is CCC(CN1CCN(C(C)=O)CC1)n1cc(C)c2nc(-c3ccc(C(C)C)nc3OC)c(C)nc21. The highest BCUT2D eigenvalue weighted by Gasteiger charge is 2.24. The van der Waals surface area contributed by atoms with Gasteiger partial charge < -0.3 is 14.2 Å². The van der Waals surface area contributed by atoms with Crippen molar-refractivity contribution < 1.29 is 9.53 Å². The van der Waals surface area contributed by atoms with E-state index in [1.54, 1.807) is 14.0 Å². The van der Waals surface area contributed by atoms with E-state index in [1.165, 1.54) is 0 Å². The second kappa shape index (κ2) is 10.3. The summed E-state index contributed by atoms with van der Waals surface area (Å²) >= 11 is 0. The summed E-state index contributed by atoms with van der Waals surface area (Å²) in [5.41, 5.74) is 6.48. The van der Waals surface area contributed by atoms with E-state index in [9.17, 15) is 4.79 Å². The average Bonchev–Trinajstić information content (AvgIpc) is 3.16. The third-order valence-electron chi connectivity index (χ3n) is 7.08. The molecule has 3 aromatic heterocycles. The Labute approximate surface area is 208 Å². The molecule has 8 heteroatoms. The minimum atomic E-state index is 0.163. The van der Waals surface area contributed by atoms with Crippen LogP contribution in [-0.4, -0.2) is 75.1 Å². The van der Waals surface area contributed by atoms with Crippen LogP contribution in [0.3, 0.4) is 0 Å². The van der Waals surface area contributed by atoms with Gasteiger partial charge in [-0.1, -0.05) is 20.8 Å². The van der Waals surface area contributed by atoms with Crippen molar-refractivity contribution in [3.8, 4) is 17.1 Å². The van der Waals surface area contributed by atoms with Gasteiger partial charge in [0.15, 0.2) is 5.65 Å². The fourth-order valence-electron chi connectivity index (χ4n) is 4.89. The van der Waals surface area contributed by atoms with E-state index in [0.29, 0.717) is 11.8 Å². The van der Waals surface area contributed by atoms with Crippen LogP contribution < -0.4 is 4.74 Å². The molecule has 8 nitrogen and oxygen atoms in total. The maximum absolute atomic E-state index is 11.7. The highest BCUT2D eigenvalue weighted by molar-refractivity contribution is 5.81. The number of pyridine rings is 1. The first-order valence-corrected chi connectivity index (χ1v) is 12.6. The van der Waals surface area contributed by atoms with E-state index >= 15 is 0 Å². The predicted octanol–water partition coefficient (Wildman–Crippen LogP) is 4.36. The van der Waals surface area contributed by atoms with Crippen LogP contribution in [0.1, 0.15) is 63.0 Å². The van der Waals surface area contributed by atoms with E-state index in [4.69, 9.17) is 19.7 Å². The highest BCUT2D eigenvalue weighted by atomic mass is 16.5. The van der Waals surface area contributed by atoms with Crippen molar-refractivity contribution in [2.75, 3.05) is 39.8 Å². The van der Waals surface area contributed by atoms with Crippen LogP contribution in [0.2, 0.25) is 0 Å². The first-order chi connectivity index (χ1) is 16.7. The molecule has 0 spiro atoms. The van der Waals surface area contributed by atoms with Crippen molar-refractivity contribution >= 4 is 17.1 Å². The molecule has 188 valence electrons. The van der Waals surface area contributed by atoms with Crippen LogP contribution >= 0.6 is 0 Å². The molecule has 0 bridgehead atoms. The summed E-state index contributed by atoms with van der Waals surface area (Å²) in [4.78, 5) is 30.9. The normalized spacial score (nSPS) is 15.7. The van der Waals surface area contributed by atoms with E-state index < -0.39 is 0 Å². The zero-order chi connectivity index (χ0) is 25.3. The Morgan fingerprint density at radius 1 is 1.09 bits per heavy atom. The molecule has 4 rings (SSSR count). The fraction of sp³-hybridized carbons (Fsp3) is 0.556. The number of ether oxygens (including phenoxy) is 1. The van der Waals surface area contributed by atoms with Crippen LogP contribution in [0.4, 0.5) is 0 Å². The van der Waals surface area contributed by atoms with Gasteiger partial charge in [0, 0.05) is 57.6 Å². The number of carbonyl (C=O) groups excluding carboxylic acids is 1. The van der Waals surface area contributed by atoms with Crippen LogP contribution in [0.5, 0.6) is 5.88 Å². The van der Waals surface area contributed by atoms with Gasteiger partial charge in [-0.3, -0.25) is 9.69 Å². The van der Waals surface area contributed by atoms with Crippen molar-refractivity contribution in [1.82, 2.24) is 29.3 Å². The average molecular weight is 479 g/mol. The van der Waals surface area contributed by atoms with E-state index in [-0.39, 0.29) is 11.9 Å². The zero-order valence-electron chi connectivity index (χ0n) is 22.1. The molecule has 1 atom stereocenters. The van der Waals surface area contributed by atoms with Gasteiger partial charge in [-0.15, -0.1) is 0 Å². The van der Waals surface area contributed by atoms with Gasteiger partial charge in [0.2, 0.25) is 11.8 Å². The molecule has 1 unspecified atom stereocenters. The third-order valence-corrected chi connectivity index (χ3v) is 7.08. The van der Waals surface area contributed by atoms with Gasteiger partial charge in [-0.2, -0.15) is 0 Å². The number of rotatable bonds is 7. The number of piperazine rings is 1. The second-order valence-corrected chi connectivity index (χ2v) is 9.87. The zero-order valence-corrected chi connectivity index (χ0v) is 22.1.